The van der Waals surface area contributed by atoms with Crippen LogP contribution in [0.15, 0.2) is 24.3 Å². The van der Waals surface area contributed by atoms with E-state index in [1.807, 2.05) is 12.1 Å². The van der Waals surface area contributed by atoms with Crippen LogP contribution >= 0.6 is 0 Å². The van der Waals surface area contributed by atoms with Crippen molar-refractivity contribution in [2.24, 2.45) is 0 Å². The van der Waals surface area contributed by atoms with Gasteiger partial charge in [0.05, 0.1) is 7.11 Å². The first-order valence-electron chi connectivity index (χ1n) is 7.52. The lowest BCUT2D eigenvalue weighted by atomic mass is 10.0. The van der Waals surface area contributed by atoms with Crippen molar-refractivity contribution in [1.29, 1.82) is 0 Å². The molecule has 120 valence electrons. The van der Waals surface area contributed by atoms with E-state index in [2.05, 4.69) is 17.0 Å². The van der Waals surface area contributed by atoms with Crippen LogP contribution in [0, 0.1) is 0 Å². The zero-order chi connectivity index (χ0) is 16.4. The fraction of sp³-hybridized carbons (Fsp3) is 0.471. The molecule has 5 nitrogen and oxygen atoms in total. The number of Topliss-reactive ketones (excluding diaryl/α,β-unsaturated/α-hetero) is 1. The molecule has 0 spiro atoms. The van der Waals surface area contributed by atoms with Crippen LogP contribution in [0.4, 0.5) is 0 Å². The number of hydrogen-bond donors (Lipinski definition) is 1. The highest BCUT2D eigenvalue weighted by Gasteiger charge is 2.09. The highest BCUT2D eigenvalue weighted by atomic mass is 16.5. The standard InChI is InChI=1S/C17H23NO4/c1-3-13-6-8-14(9-7-13)15(19)10-11-16(20)18-12-4-5-17(21)22-2/h6-9H,3-5,10-12H2,1-2H3,(H,18,20). The maximum absolute atomic E-state index is 12.0. The third kappa shape index (κ3) is 6.52. The van der Waals surface area contributed by atoms with Crippen LogP contribution in [0.2, 0.25) is 0 Å². The van der Waals surface area contributed by atoms with Gasteiger partial charge < -0.3 is 10.1 Å². The van der Waals surface area contributed by atoms with E-state index in [-0.39, 0.29) is 36.9 Å². The summed E-state index contributed by atoms with van der Waals surface area (Å²) in [6.45, 7) is 2.47. The maximum atomic E-state index is 12.0. The first-order valence-corrected chi connectivity index (χ1v) is 7.52. The Morgan fingerprint density at radius 1 is 1.05 bits per heavy atom. The number of rotatable bonds is 9. The Morgan fingerprint density at radius 3 is 2.32 bits per heavy atom. The summed E-state index contributed by atoms with van der Waals surface area (Å²) in [5, 5.41) is 2.69. The van der Waals surface area contributed by atoms with E-state index in [1.165, 1.54) is 12.7 Å². The quantitative estimate of drug-likeness (QED) is 0.431. The number of ketones is 1. The van der Waals surface area contributed by atoms with Crippen LogP contribution in [0.1, 0.15) is 48.5 Å². The third-order valence-electron chi connectivity index (χ3n) is 3.37. The van der Waals surface area contributed by atoms with Crippen molar-refractivity contribution in [3.05, 3.63) is 35.4 Å². The smallest absolute Gasteiger partial charge is 0.305 e. The first kappa shape index (κ1) is 17.9. The summed E-state index contributed by atoms with van der Waals surface area (Å²) in [4.78, 5) is 34.5. The molecule has 0 aliphatic heterocycles. The summed E-state index contributed by atoms with van der Waals surface area (Å²) in [5.41, 5.74) is 1.82. The molecule has 1 aromatic rings. The lowest BCUT2D eigenvalue weighted by molar-refractivity contribution is -0.140. The van der Waals surface area contributed by atoms with Gasteiger partial charge in [0.1, 0.15) is 0 Å². The number of carbonyl (C=O) groups excluding carboxylic acids is 3. The van der Waals surface area contributed by atoms with Gasteiger partial charge in [-0.1, -0.05) is 31.2 Å². The fourth-order valence-corrected chi connectivity index (χ4v) is 1.95. The molecule has 5 heteroatoms. The second-order valence-electron chi connectivity index (χ2n) is 5.00. The Bertz CT molecular complexity index is 508. The summed E-state index contributed by atoms with van der Waals surface area (Å²) in [7, 11) is 1.33. The van der Waals surface area contributed by atoms with E-state index in [0.29, 0.717) is 18.5 Å². The molecule has 0 bridgehead atoms. The Hall–Kier alpha value is -2.17. The lowest BCUT2D eigenvalue weighted by Crippen LogP contribution is -2.25. The second-order valence-corrected chi connectivity index (χ2v) is 5.00. The lowest BCUT2D eigenvalue weighted by Gasteiger charge is -2.05. The molecule has 1 rings (SSSR count). The highest BCUT2D eigenvalue weighted by Crippen LogP contribution is 2.08. The molecule has 0 aromatic heterocycles. The Labute approximate surface area is 131 Å². The molecule has 0 aliphatic carbocycles. The second kappa shape index (κ2) is 9.71. The number of hydrogen-bond acceptors (Lipinski definition) is 4. The van der Waals surface area contributed by atoms with Gasteiger partial charge in [-0.2, -0.15) is 0 Å². The predicted molar refractivity (Wildman–Crippen MR) is 83.6 cm³/mol. The van der Waals surface area contributed by atoms with E-state index in [9.17, 15) is 14.4 Å². The third-order valence-corrected chi connectivity index (χ3v) is 3.37. The monoisotopic (exact) mass is 305 g/mol. The summed E-state index contributed by atoms with van der Waals surface area (Å²) in [6, 6.07) is 7.46. The number of nitrogens with one attached hydrogen (secondary N) is 1. The number of carbonyl (C=O) groups is 3. The molecule has 0 saturated carbocycles. The van der Waals surface area contributed by atoms with Crippen LogP contribution in [-0.2, 0) is 20.7 Å². The number of aryl methyl sites for hydroxylation is 1. The molecule has 0 atom stereocenters. The van der Waals surface area contributed by atoms with Crippen LogP contribution < -0.4 is 5.32 Å². The minimum atomic E-state index is -0.292. The Balaban J connectivity index is 2.25. The number of benzene rings is 1. The van der Waals surface area contributed by atoms with Gasteiger partial charge in [-0.15, -0.1) is 0 Å². The van der Waals surface area contributed by atoms with Crippen molar-refractivity contribution < 1.29 is 19.1 Å². The maximum Gasteiger partial charge on any atom is 0.305 e. The van der Waals surface area contributed by atoms with Crippen molar-refractivity contribution in [2.45, 2.75) is 39.0 Å². The molecule has 0 aliphatic rings. The van der Waals surface area contributed by atoms with Crippen LogP contribution in [0.25, 0.3) is 0 Å². The topological polar surface area (TPSA) is 72.5 Å². The van der Waals surface area contributed by atoms with Crippen LogP contribution in [-0.4, -0.2) is 31.3 Å². The van der Waals surface area contributed by atoms with Gasteiger partial charge in [0, 0.05) is 31.4 Å². The van der Waals surface area contributed by atoms with E-state index in [1.54, 1.807) is 12.1 Å². The van der Waals surface area contributed by atoms with Crippen molar-refractivity contribution in [2.75, 3.05) is 13.7 Å². The zero-order valence-corrected chi connectivity index (χ0v) is 13.2. The fourth-order valence-electron chi connectivity index (χ4n) is 1.95. The molecule has 1 N–H and O–H groups in total. The van der Waals surface area contributed by atoms with Gasteiger partial charge in [-0.25, -0.2) is 0 Å². The predicted octanol–water partition coefficient (Wildman–Crippen LogP) is 2.28. The SMILES string of the molecule is CCc1ccc(C(=O)CCC(=O)NCCCC(=O)OC)cc1. The van der Waals surface area contributed by atoms with E-state index in [0.717, 1.165) is 6.42 Å². The average molecular weight is 305 g/mol. The van der Waals surface area contributed by atoms with E-state index < -0.39 is 0 Å². The van der Waals surface area contributed by atoms with Gasteiger partial charge in [0.15, 0.2) is 5.78 Å². The summed E-state index contributed by atoms with van der Waals surface area (Å²) in [6.07, 6.45) is 2.09. The Morgan fingerprint density at radius 2 is 1.73 bits per heavy atom. The molecule has 1 aromatic carbocycles. The molecule has 22 heavy (non-hydrogen) atoms. The molecular formula is C17H23NO4. The van der Waals surface area contributed by atoms with Crippen molar-refractivity contribution in [3.8, 4) is 0 Å². The van der Waals surface area contributed by atoms with E-state index in [4.69, 9.17) is 0 Å². The molecule has 0 radical (unpaired) electrons. The molecule has 0 fully saturated rings. The number of methoxy groups -OCH3 is 1. The van der Waals surface area contributed by atoms with Gasteiger partial charge in [0.25, 0.3) is 0 Å². The highest BCUT2D eigenvalue weighted by molar-refractivity contribution is 5.97. The van der Waals surface area contributed by atoms with Crippen molar-refractivity contribution >= 4 is 17.7 Å². The van der Waals surface area contributed by atoms with Crippen LogP contribution in [0.3, 0.4) is 0 Å². The minimum absolute atomic E-state index is 0.0348. The Kier molecular flexibility index (Phi) is 7.89. The van der Waals surface area contributed by atoms with Crippen molar-refractivity contribution in [1.82, 2.24) is 5.32 Å². The average Bonchev–Trinajstić information content (AvgIpc) is 2.56. The number of amides is 1. The normalized spacial score (nSPS) is 10.1. The first-order chi connectivity index (χ1) is 10.6. The summed E-state index contributed by atoms with van der Waals surface area (Å²) in [5.74, 6) is -0.504. The molecular weight excluding hydrogens is 282 g/mol. The number of esters is 1. The molecule has 0 unspecified atom stereocenters. The van der Waals surface area contributed by atoms with Gasteiger partial charge >= 0.3 is 5.97 Å². The van der Waals surface area contributed by atoms with Gasteiger partial charge in [-0.3, -0.25) is 14.4 Å². The van der Waals surface area contributed by atoms with Gasteiger partial charge in [0.2, 0.25) is 5.91 Å². The van der Waals surface area contributed by atoms with Crippen LogP contribution in [0.5, 0.6) is 0 Å². The zero-order valence-electron chi connectivity index (χ0n) is 13.2. The van der Waals surface area contributed by atoms with Gasteiger partial charge in [-0.05, 0) is 18.4 Å². The number of ether oxygens (including phenoxy) is 1. The summed E-state index contributed by atoms with van der Waals surface area (Å²) < 4.78 is 4.51. The minimum Gasteiger partial charge on any atom is -0.469 e. The largest absolute Gasteiger partial charge is 0.469 e. The van der Waals surface area contributed by atoms with Crippen molar-refractivity contribution in [3.63, 3.8) is 0 Å². The summed E-state index contributed by atoms with van der Waals surface area (Å²) >= 11 is 0. The molecule has 0 heterocycles. The molecule has 1 amide bonds. The molecule has 0 saturated heterocycles. The van der Waals surface area contributed by atoms with E-state index >= 15 is 0 Å².